The molecule has 1 aromatic heterocycles. The Morgan fingerprint density at radius 1 is 1.53 bits per heavy atom. The van der Waals surface area contributed by atoms with Crippen LogP contribution < -0.4 is 5.73 Å². The molecule has 96 valence electrons. The molecule has 1 aromatic rings. The van der Waals surface area contributed by atoms with Gasteiger partial charge in [0.05, 0.1) is 11.4 Å². The molecule has 1 fully saturated rings. The van der Waals surface area contributed by atoms with Crippen LogP contribution >= 0.6 is 0 Å². The van der Waals surface area contributed by atoms with E-state index in [0.29, 0.717) is 11.4 Å². The van der Waals surface area contributed by atoms with E-state index in [1.54, 1.807) is 14.0 Å². The zero-order valence-corrected chi connectivity index (χ0v) is 10.9. The highest BCUT2D eigenvalue weighted by Crippen LogP contribution is 2.30. The van der Waals surface area contributed by atoms with E-state index >= 15 is 0 Å². The number of hydrogen-bond donors (Lipinski definition) is 2. The minimum Gasteiger partial charge on any atom is -0.325 e. The van der Waals surface area contributed by atoms with E-state index in [1.807, 2.05) is 0 Å². The van der Waals surface area contributed by atoms with Gasteiger partial charge in [-0.3, -0.25) is 5.10 Å². The normalized spacial score (nSPS) is 17.4. The number of nitrogens with zero attached hydrogens (tertiary/aromatic N) is 2. The van der Waals surface area contributed by atoms with Crippen LogP contribution in [0.25, 0.3) is 0 Å². The number of H-pyrrole nitrogens is 1. The summed E-state index contributed by atoms with van der Waals surface area (Å²) in [5.41, 5.74) is 6.48. The summed E-state index contributed by atoms with van der Waals surface area (Å²) < 4.78 is 26.3. The van der Waals surface area contributed by atoms with Crippen LogP contribution in [0.4, 0.5) is 0 Å². The highest BCUT2D eigenvalue weighted by Gasteiger charge is 2.34. The summed E-state index contributed by atoms with van der Waals surface area (Å²) in [7, 11) is -1.84. The van der Waals surface area contributed by atoms with E-state index < -0.39 is 10.0 Å². The van der Waals surface area contributed by atoms with Gasteiger partial charge in [0, 0.05) is 19.6 Å². The van der Waals surface area contributed by atoms with Crippen LogP contribution in [0.2, 0.25) is 0 Å². The van der Waals surface area contributed by atoms with Crippen molar-refractivity contribution in [2.45, 2.75) is 43.7 Å². The predicted octanol–water partition coefficient (Wildman–Crippen LogP) is 0.350. The first-order valence-electron chi connectivity index (χ1n) is 5.70. The number of aromatic nitrogens is 2. The van der Waals surface area contributed by atoms with Crippen LogP contribution in [0.3, 0.4) is 0 Å². The van der Waals surface area contributed by atoms with E-state index in [9.17, 15) is 8.42 Å². The third kappa shape index (κ3) is 1.98. The molecule has 0 radical (unpaired) electrons. The van der Waals surface area contributed by atoms with E-state index in [0.717, 1.165) is 19.3 Å². The van der Waals surface area contributed by atoms with Crippen LogP contribution in [0, 0.1) is 6.92 Å². The van der Waals surface area contributed by atoms with Crippen molar-refractivity contribution in [3.05, 3.63) is 11.4 Å². The minimum absolute atomic E-state index is 0.122. The molecule has 0 saturated heterocycles. The van der Waals surface area contributed by atoms with Gasteiger partial charge in [-0.05, 0) is 19.8 Å². The first-order chi connectivity index (χ1) is 7.98. The molecule has 0 bridgehead atoms. The minimum atomic E-state index is -3.47. The largest absolute Gasteiger partial charge is 0.325 e. The lowest BCUT2D eigenvalue weighted by Crippen LogP contribution is -2.41. The Balaban J connectivity index is 2.39. The predicted molar refractivity (Wildman–Crippen MR) is 63.8 cm³/mol. The molecule has 0 amide bonds. The van der Waals surface area contributed by atoms with Gasteiger partial charge in [-0.15, -0.1) is 0 Å². The molecule has 1 aliphatic carbocycles. The van der Waals surface area contributed by atoms with Crippen LogP contribution in [0.1, 0.15) is 30.7 Å². The molecule has 6 nitrogen and oxygen atoms in total. The quantitative estimate of drug-likeness (QED) is 0.815. The second kappa shape index (κ2) is 4.40. The first kappa shape index (κ1) is 12.5. The molecule has 7 heteroatoms. The van der Waals surface area contributed by atoms with Crippen molar-refractivity contribution in [3.8, 4) is 0 Å². The molecular formula is C10H18N4O2S. The SMILES string of the molecule is Cc1[nH]nc(CN)c1S(=O)(=O)N(C)C1CCC1. The molecule has 17 heavy (non-hydrogen) atoms. The molecule has 2 rings (SSSR count). The lowest BCUT2D eigenvalue weighted by molar-refractivity contribution is 0.249. The van der Waals surface area contributed by atoms with E-state index in [4.69, 9.17) is 5.73 Å². The second-order valence-corrected chi connectivity index (χ2v) is 6.37. The van der Waals surface area contributed by atoms with Crippen LogP contribution in [0.5, 0.6) is 0 Å². The fourth-order valence-electron chi connectivity index (χ4n) is 2.04. The molecule has 0 unspecified atom stereocenters. The molecular weight excluding hydrogens is 240 g/mol. The van der Waals surface area contributed by atoms with Gasteiger partial charge in [0.2, 0.25) is 10.0 Å². The Hall–Kier alpha value is -0.920. The van der Waals surface area contributed by atoms with E-state index in [2.05, 4.69) is 10.2 Å². The first-order valence-corrected chi connectivity index (χ1v) is 7.14. The van der Waals surface area contributed by atoms with Gasteiger partial charge in [-0.25, -0.2) is 8.42 Å². The summed E-state index contributed by atoms with van der Waals surface area (Å²) in [5.74, 6) is 0. The molecule has 1 heterocycles. The molecule has 0 atom stereocenters. The number of hydrogen-bond acceptors (Lipinski definition) is 4. The third-order valence-electron chi connectivity index (χ3n) is 3.38. The van der Waals surface area contributed by atoms with Crippen LogP contribution in [-0.4, -0.2) is 36.0 Å². The number of nitrogens with one attached hydrogen (secondary N) is 1. The number of rotatable bonds is 4. The maximum Gasteiger partial charge on any atom is 0.246 e. The van der Waals surface area contributed by atoms with Crippen LogP contribution in [-0.2, 0) is 16.6 Å². The summed E-state index contributed by atoms with van der Waals surface area (Å²) in [5, 5.41) is 6.62. The topological polar surface area (TPSA) is 92.1 Å². The summed E-state index contributed by atoms with van der Waals surface area (Å²) in [6, 6.07) is 0.125. The average Bonchev–Trinajstić information content (AvgIpc) is 2.57. The highest BCUT2D eigenvalue weighted by molar-refractivity contribution is 7.89. The molecule has 1 saturated carbocycles. The molecule has 0 spiro atoms. The van der Waals surface area contributed by atoms with Crippen molar-refractivity contribution in [1.29, 1.82) is 0 Å². The van der Waals surface area contributed by atoms with Crippen molar-refractivity contribution < 1.29 is 8.42 Å². The van der Waals surface area contributed by atoms with Gasteiger partial charge in [-0.2, -0.15) is 9.40 Å². The number of aromatic amines is 1. The second-order valence-electron chi connectivity index (χ2n) is 4.43. The molecule has 0 aromatic carbocycles. The van der Waals surface area contributed by atoms with Crippen LogP contribution in [0.15, 0.2) is 4.90 Å². The highest BCUT2D eigenvalue weighted by atomic mass is 32.2. The van der Waals surface area contributed by atoms with Crippen molar-refractivity contribution in [2.24, 2.45) is 5.73 Å². The summed E-state index contributed by atoms with van der Waals surface area (Å²) >= 11 is 0. The molecule has 3 N–H and O–H groups in total. The number of nitrogens with two attached hydrogens (primary N) is 1. The average molecular weight is 258 g/mol. The van der Waals surface area contributed by atoms with Crippen molar-refractivity contribution in [1.82, 2.24) is 14.5 Å². The Kier molecular flexibility index (Phi) is 3.24. The Morgan fingerprint density at radius 3 is 2.65 bits per heavy atom. The third-order valence-corrected chi connectivity index (χ3v) is 5.49. The lowest BCUT2D eigenvalue weighted by Gasteiger charge is -2.33. The summed E-state index contributed by atoms with van der Waals surface area (Å²) in [6.45, 7) is 1.82. The van der Waals surface area contributed by atoms with Gasteiger partial charge >= 0.3 is 0 Å². The van der Waals surface area contributed by atoms with Crippen molar-refractivity contribution in [2.75, 3.05) is 7.05 Å². The van der Waals surface area contributed by atoms with E-state index in [-0.39, 0.29) is 17.5 Å². The fraction of sp³-hybridized carbons (Fsp3) is 0.700. The van der Waals surface area contributed by atoms with Gasteiger partial charge in [0.15, 0.2) is 0 Å². The lowest BCUT2D eigenvalue weighted by atomic mass is 9.94. The summed E-state index contributed by atoms with van der Waals surface area (Å²) in [4.78, 5) is 0.245. The molecule has 1 aliphatic rings. The standard InChI is InChI=1S/C10H18N4O2S/c1-7-10(9(6-11)13-12-7)17(15,16)14(2)8-4-3-5-8/h8H,3-6,11H2,1-2H3,(H,12,13). The molecule has 0 aliphatic heterocycles. The maximum atomic E-state index is 12.4. The number of sulfonamides is 1. The fourth-order valence-corrected chi connectivity index (χ4v) is 3.79. The Bertz CT molecular complexity index is 504. The Morgan fingerprint density at radius 2 is 2.18 bits per heavy atom. The smallest absolute Gasteiger partial charge is 0.246 e. The van der Waals surface area contributed by atoms with Gasteiger partial charge in [-0.1, -0.05) is 6.42 Å². The zero-order valence-electron chi connectivity index (χ0n) is 10.1. The van der Waals surface area contributed by atoms with Gasteiger partial charge in [0.25, 0.3) is 0 Å². The number of aryl methyl sites for hydroxylation is 1. The maximum absolute atomic E-state index is 12.4. The van der Waals surface area contributed by atoms with E-state index in [1.165, 1.54) is 4.31 Å². The monoisotopic (exact) mass is 258 g/mol. The van der Waals surface area contributed by atoms with Gasteiger partial charge < -0.3 is 5.73 Å². The van der Waals surface area contributed by atoms with Gasteiger partial charge in [0.1, 0.15) is 4.90 Å². The Labute approximate surface area is 101 Å². The van der Waals surface area contributed by atoms with Crippen molar-refractivity contribution >= 4 is 10.0 Å². The van der Waals surface area contributed by atoms with Crippen molar-refractivity contribution in [3.63, 3.8) is 0 Å². The summed E-state index contributed by atoms with van der Waals surface area (Å²) in [6.07, 6.45) is 2.97. The zero-order chi connectivity index (χ0) is 12.6.